The average molecular weight is 234 g/mol. The van der Waals surface area contributed by atoms with Gasteiger partial charge in [0.05, 0.1) is 6.61 Å². The van der Waals surface area contributed by atoms with Gasteiger partial charge in [-0.25, -0.2) is 0 Å². The Bertz CT molecular complexity index is 174. The summed E-state index contributed by atoms with van der Waals surface area (Å²) >= 11 is 0. The highest BCUT2D eigenvalue weighted by Crippen LogP contribution is 2.18. The van der Waals surface area contributed by atoms with Crippen LogP contribution in [0.1, 0.15) is 53.4 Å². The average Bonchev–Trinajstić information content (AvgIpc) is 2.24. The molecular weight excluding hydrogens is 206 g/mol. The maximum Gasteiger partial charge on any atom is 0.251 e. The molecule has 2 atom stereocenters. The van der Waals surface area contributed by atoms with Crippen LogP contribution in [0.3, 0.4) is 0 Å². The molecule has 98 valence electrons. The van der Waals surface area contributed by atoms with Crippen molar-refractivity contribution in [2.45, 2.75) is 59.6 Å². The molecule has 2 N–H and O–H groups in total. The van der Waals surface area contributed by atoms with Crippen molar-refractivity contribution in [2.75, 3.05) is 13.2 Å². The second-order valence-electron chi connectivity index (χ2n) is 4.44. The lowest BCUT2D eigenvalue weighted by Gasteiger charge is -2.30. The minimum Gasteiger partial charge on any atom is -0.325 e. The highest BCUT2D eigenvalue weighted by molar-refractivity contribution is 4.55. The Morgan fingerprint density at radius 3 is 2.25 bits per heavy atom. The zero-order chi connectivity index (χ0) is 12.6. The SMILES string of the molecule is CCCCC(CC)C[N+](O)(O)C(C)OCC. The normalized spacial score (nSPS) is 16.1. The van der Waals surface area contributed by atoms with Gasteiger partial charge in [0.1, 0.15) is 6.54 Å². The predicted octanol–water partition coefficient (Wildman–Crippen LogP) is 3.18. The Balaban J connectivity index is 4.18. The maximum atomic E-state index is 9.88. The van der Waals surface area contributed by atoms with Gasteiger partial charge < -0.3 is 4.74 Å². The maximum absolute atomic E-state index is 9.88. The van der Waals surface area contributed by atoms with E-state index >= 15 is 0 Å². The van der Waals surface area contributed by atoms with Gasteiger partial charge in [0.15, 0.2) is 0 Å². The first-order valence-corrected chi connectivity index (χ1v) is 6.42. The number of nitrogens with zero attached hydrogens (tertiary/aromatic N) is 1. The van der Waals surface area contributed by atoms with Crippen molar-refractivity contribution in [3.63, 3.8) is 0 Å². The van der Waals surface area contributed by atoms with Gasteiger partial charge in [0.2, 0.25) is 0 Å². The van der Waals surface area contributed by atoms with Crippen molar-refractivity contribution in [3.05, 3.63) is 0 Å². The Morgan fingerprint density at radius 2 is 1.81 bits per heavy atom. The second kappa shape index (κ2) is 8.01. The van der Waals surface area contributed by atoms with Crippen molar-refractivity contribution in [1.29, 1.82) is 0 Å². The van der Waals surface area contributed by atoms with Crippen LogP contribution < -0.4 is 0 Å². The lowest BCUT2D eigenvalue weighted by Crippen LogP contribution is -2.52. The number of rotatable bonds is 9. The van der Waals surface area contributed by atoms with Gasteiger partial charge in [-0.2, -0.15) is 10.4 Å². The molecule has 2 unspecified atom stereocenters. The quantitative estimate of drug-likeness (QED) is 0.366. The summed E-state index contributed by atoms with van der Waals surface area (Å²) in [5.74, 6) is 0.345. The van der Waals surface area contributed by atoms with Crippen LogP contribution in [-0.4, -0.2) is 34.6 Å². The van der Waals surface area contributed by atoms with E-state index in [0.717, 1.165) is 25.7 Å². The van der Waals surface area contributed by atoms with E-state index in [-0.39, 0.29) is 0 Å². The largest absolute Gasteiger partial charge is 0.325 e. The van der Waals surface area contributed by atoms with E-state index in [1.807, 2.05) is 6.92 Å². The summed E-state index contributed by atoms with van der Waals surface area (Å²) in [4.78, 5) is -1.02. The molecular formula is C12H28NO3+. The van der Waals surface area contributed by atoms with Gasteiger partial charge in [-0.3, -0.25) is 0 Å². The molecule has 4 heteroatoms. The molecule has 0 bridgehead atoms. The molecule has 0 aliphatic heterocycles. The van der Waals surface area contributed by atoms with Crippen molar-refractivity contribution in [3.8, 4) is 0 Å². The minimum atomic E-state index is -1.02. The summed E-state index contributed by atoms with van der Waals surface area (Å²) < 4.78 is 5.23. The first-order chi connectivity index (χ1) is 7.47. The number of quaternary nitrogens is 1. The molecule has 0 heterocycles. The van der Waals surface area contributed by atoms with Crippen LogP contribution in [0, 0.1) is 5.92 Å². The van der Waals surface area contributed by atoms with Crippen molar-refractivity contribution < 1.29 is 20.0 Å². The molecule has 0 spiro atoms. The van der Waals surface area contributed by atoms with Gasteiger partial charge in [-0.15, -0.1) is 0 Å². The molecule has 16 heavy (non-hydrogen) atoms. The number of hydroxylamine groups is 4. The van der Waals surface area contributed by atoms with Crippen LogP contribution in [0.4, 0.5) is 0 Å². The monoisotopic (exact) mass is 234 g/mol. The summed E-state index contributed by atoms with van der Waals surface area (Å²) in [6, 6.07) is 0. The first-order valence-electron chi connectivity index (χ1n) is 6.42. The highest BCUT2D eigenvalue weighted by atomic mass is 16.9. The lowest BCUT2D eigenvalue weighted by atomic mass is 9.99. The van der Waals surface area contributed by atoms with E-state index in [4.69, 9.17) is 4.74 Å². The summed E-state index contributed by atoms with van der Waals surface area (Å²) in [7, 11) is 0. The number of unbranched alkanes of at least 4 members (excludes halogenated alkanes) is 1. The molecule has 0 aromatic heterocycles. The van der Waals surface area contributed by atoms with Crippen molar-refractivity contribution >= 4 is 0 Å². The van der Waals surface area contributed by atoms with Gasteiger partial charge in [0.25, 0.3) is 6.23 Å². The van der Waals surface area contributed by atoms with Crippen LogP contribution >= 0.6 is 0 Å². The summed E-state index contributed by atoms with van der Waals surface area (Å²) in [6.45, 7) is 8.62. The fourth-order valence-corrected chi connectivity index (χ4v) is 1.81. The molecule has 0 aliphatic carbocycles. The van der Waals surface area contributed by atoms with Crippen LogP contribution in [0.15, 0.2) is 0 Å². The molecule has 0 aliphatic rings. The van der Waals surface area contributed by atoms with Crippen LogP contribution in [0.5, 0.6) is 0 Å². The highest BCUT2D eigenvalue weighted by Gasteiger charge is 2.34. The van der Waals surface area contributed by atoms with Gasteiger partial charge >= 0.3 is 0 Å². The van der Waals surface area contributed by atoms with E-state index in [1.54, 1.807) is 6.92 Å². The van der Waals surface area contributed by atoms with Crippen molar-refractivity contribution in [1.82, 2.24) is 0 Å². The van der Waals surface area contributed by atoms with Crippen LogP contribution in [-0.2, 0) is 4.74 Å². The Morgan fingerprint density at radius 1 is 1.19 bits per heavy atom. The fourth-order valence-electron chi connectivity index (χ4n) is 1.81. The molecule has 0 rings (SSSR count). The molecule has 4 nitrogen and oxygen atoms in total. The number of hydrogen-bond acceptors (Lipinski definition) is 3. The minimum absolute atomic E-state index is 0.345. The fraction of sp³-hybridized carbons (Fsp3) is 1.00. The molecule has 0 fully saturated rings. The zero-order valence-corrected chi connectivity index (χ0v) is 11.1. The summed E-state index contributed by atoms with van der Waals surface area (Å²) in [5.41, 5.74) is 0. The van der Waals surface area contributed by atoms with Gasteiger partial charge in [0, 0.05) is 12.8 Å². The molecule has 0 saturated carbocycles. The van der Waals surface area contributed by atoms with E-state index in [0.29, 0.717) is 19.1 Å². The summed E-state index contributed by atoms with van der Waals surface area (Å²) in [5, 5.41) is 19.8. The molecule has 0 amide bonds. The van der Waals surface area contributed by atoms with Crippen LogP contribution in [0.25, 0.3) is 0 Å². The summed E-state index contributed by atoms with van der Waals surface area (Å²) in [6.07, 6.45) is 3.73. The topological polar surface area (TPSA) is 49.7 Å². The number of hydrogen-bond donors (Lipinski definition) is 2. The van der Waals surface area contributed by atoms with Gasteiger partial charge in [-0.05, 0) is 24.6 Å². The predicted molar refractivity (Wildman–Crippen MR) is 63.1 cm³/mol. The Kier molecular flexibility index (Phi) is 7.93. The number of ether oxygens (including phenoxy) is 1. The second-order valence-corrected chi connectivity index (χ2v) is 4.44. The zero-order valence-electron chi connectivity index (χ0n) is 11.1. The smallest absolute Gasteiger partial charge is 0.251 e. The Hall–Kier alpha value is -0.160. The molecule has 0 aromatic carbocycles. The first kappa shape index (κ1) is 15.8. The third kappa shape index (κ3) is 5.80. The van der Waals surface area contributed by atoms with E-state index in [1.165, 1.54) is 0 Å². The Labute approximate surface area is 99.3 Å². The van der Waals surface area contributed by atoms with E-state index in [2.05, 4.69) is 13.8 Å². The van der Waals surface area contributed by atoms with Gasteiger partial charge in [-0.1, -0.05) is 26.7 Å². The third-order valence-electron chi connectivity index (χ3n) is 3.06. The van der Waals surface area contributed by atoms with Crippen LogP contribution in [0.2, 0.25) is 0 Å². The van der Waals surface area contributed by atoms with E-state index in [9.17, 15) is 10.4 Å². The molecule has 0 radical (unpaired) electrons. The third-order valence-corrected chi connectivity index (χ3v) is 3.06. The molecule has 0 aromatic rings. The standard InChI is InChI=1S/C12H28NO3/c1-5-8-9-12(6-2)10-13(14,15)11(4)16-7-3/h11-12,14-15H,5-10H2,1-4H3/q+1. The van der Waals surface area contributed by atoms with Crippen molar-refractivity contribution in [2.24, 2.45) is 5.92 Å². The lowest BCUT2D eigenvalue weighted by molar-refractivity contribution is -1.27. The molecule has 0 saturated heterocycles. The van der Waals surface area contributed by atoms with E-state index < -0.39 is 11.0 Å².